The molecule has 0 saturated carbocycles. The van der Waals surface area contributed by atoms with Gasteiger partial charge in [-0.1, -0.05) is 0 Å². The van der Waals surface area contributed by atoms with Crippen LogP contribution in [-0.2, 0) is 6.61 Å². The van der Waals surface area contributed by atoms with Gasteiger partial charge in [0.25, 0.3) is 5.69 Å². The molecule has 0 aromatic heterocycles. The highest BCUT2D eigenvalue weighted by Crippen LogP contribution is 2.26. The van der Waals surface area contributed by atoms with E-state index in [2.05, 4.69) is 23.8 Å². The third-order valence-corrected chi connectivity index (χ3v) is 3.75. The van der Waals surface area contributed by atoms with Gasteiger partial charge in [-0.25, -0.2) is 0 Å². The predicted octanol–water partition coefficient (Wildman–Crippen LogP) is 1.23. The van der Waals surface area contributed by atoms with Gasteiger partial charge in [-0.2, -0.15) is 0 Å². The van der Waals surface area contributed by atoms with E-state index in [1.165, 1.54) is 6.07 Å². The van der Waals surface area contributed by atoms with Gasteiger partial charge in [0.1, 0.15) is 0 Å². The molecule has 1 aromatic rings. The fourth-order valence-electron chi connectivity index (χ4n) is 2.36. The van der Waals surface area contributed by atoms with E-state index in [-0.39, 0.29) is 12.3 Å². The fourth-order valence-corrected chi connectivity index (χ4v) is 2.36. The van der Waals surface area contributed by atoms with Crippen molar-refractivity contribution in [3.05, 3.63) is 33.9 Å². The van der Waals surface area contributed by atoms with Crippen LogP contribution < -0.4 is 4.90 Å². The molecule has 0 spiro atoms. The smallest absolute Gasteiger partial charge is 0.275 e. The summed E-state index contributed by atoms with van der Waals surface area (Å²) in [6.45, 7) is 4.59. The van der Waals surface area contributed by atoms with Crippen molar-refractivity contribution in [1.29, 1.82) is 0 Å². The molecular weight excluding hydrogens is 246 g/mol. The molecule has 1 saturated heterocycles. The summed E-state index contributed by atoms with van der Waals surface area (Å²) in [6, 6.07) is 5.40. The molecule has 0 radical (unpaired) electrons. The summed E-state index contributed by atoms with van der Waals surface area (Å²) in [5.41, 5.74) is 1.29. The Labute approximate surface area is 112 Å². The number of benzene rings is 1. The number of hydrogen-bond donors (Lipinski definition) is 1. The third kappa shape index (κ3) is 2.85. The van der Waals surface area contributed by atoms with Gasteiger partial charge in [0.15, 0.2) is 0 Å². The first-order valence-electron chi connectivity index (χ1n) is 6.36. The number of nitro benzene ring substituents is 1. The minimum absolute atomic E-state index is 0.0200. The number of rotatable bonds is 3. The van der Waals surface area contributed by atoms with E-state index in [0.29, 0.717) is 11.6 Å². The molecule has 1 aliphatic heterocycles. The molecule has 1 aliphatic rings. The lowest BCUT2D eigenvalue weighted by molar-refractivity contribution is -0.385. The highest BCUT2D eigenvalue weighted by molar-refractivity contribution is 5.56. The molecule has 0 bridgehead atoms. The van der Waals surface area contributed by atoms with Crippen molar-refractivity contribution in [2.45, 2.75) is 19.6 Å². The maximum absolute atomic E-state index is 10.8. The minimum atomic E-state index is -0.456. The van der Waals surface area contributed by atoms with Crippen molar-refractivity contribution in [2.24, 2.45) is 0 Å². The Morgan fingerprint density at radius 1 is 1.47 bits per heavy atom. The predicted molar refractivity (Wildman–Crippen MR) is 73.3 cm³/mol. The van der Waals surface area contributed by atoms with E-state index in [1.807, 2.05) is 0 Å². The Morgan fingerprint density at radius 3 is 2.79 bits per heavy atom. The first-order valence-corrected chi connectivity index (χ1v) is 6.36. The highest BCUT2D eigenvalue weighted by atomic mass is 16.6. The van der Waals surface area contributed by atoms with E-state index in [9.17, 15) is 15.2 Å². The fraction of sp³-hybridized carbons (Fsp3) is 0.538. The van der Waals surface area contributed by atoms with E-state index < -0.39 is 4.92 Å². The second-order valence-corrected chi connectivity index (χ2v) is 5.00. The normalized spacial score (nSPS) is 20.6. The lowest BCUT2D eigenvalue weighted by atomic mass is 10.1. The zero-order valence-electron chi connectivity index (χ0n) is 11.2. The maximum Gasteiger partial charge on any atom is 0.275 e. The monoisotopic (exact) mass is 265 g/mol. The third-order valence-electron chi connectivity index (χ3n) is 3.75. The highest BCUT2D eigenvalue weighted by Gasteiger charge is 2.22. The molecule has 1 fully saturated rings. The molecule has 104 valence electrons. The number of anilines is 1. The van der Waals surface area contributed by atoms with Crippen LogP contribution in [0.2, 0.25) is 0 Å². The Morgan fingerprint density at radius 2 is 2.21 bits per heavy atom. The Balaban J connectivity index is 2.24. The van der Waals surface area contributed by atoms with Crippen LogP contribution in [0.25, 0.3) is 0 Å². The summed E-state index contributed by atoms with van der Waals surface area (Å²) in [5.74, 6) is 0. The Bertz CT molecular complexity index is 478. The van der Waals surface area contributed by atoms with E-state index in [1.54, 1.807) is 12.1 Å². The average Bonchev–Trinajstić information content (AvgIpc) is 2.41. The topological polar surface area (TPSA) is 69.8 Å². The van der Waals surface area contributed by atoms with Gasteiger partial charge in [-0.05, 0) is 26.1 Å². The quantitative estimate of drug-likeness (QED) is 0.657. The van der Waals surface area contributed by atoms with Gasteiger partial charge in [-0.15, -0.1) is 0 Å². The number of likely N-dealkylation sites (N-methyl/N-ethyl adjacent to an activating group) is 1. The van der Waals surface area contributed by atoms with Crippen molar-refractivity contribution in [3.8, 4) is 0 Å². The molecule has 6 nitrogen and oxygen atoms in total. The molecular formula is C13H19N3O3. The van der Waals surface area contributed by atoms with Crippen LogP contribution in [0.3, 0.4) is 0 Å². The van der Waals surface area contributed by atoms with Crippen LogP contribution in [0, 0.1) is 10.1 Å². The summed E-state index contributed by atoms with van der Waals surface area (Å²) >= 11 is 0. The van der Waals surface area contributed by atoms with Crippen LogP contribution in [0.15, 0.2) is 18.2 Å². The van der Waals surface area contributed by atoms with E-state index >= 15 is 0 Å². The Kier molecular flexibility index (Phi) is 4.01. The maximum atomic E-state index is 10.8. The lowest BCUT2D eigenvalue weighted by Crippen LogP contribution is -2.50. The number of aliphatic hydroxyl groups is 1. The second-order valence-electron chi connectivity index (χ2n) is 5.00. The van der Waals surface area contributed by atoms with E-state index in [0.717, 1.165) is 25.3 Å². The zero-order valence-corrected chi connectivity index (χ0v) is 11.2. The molecule has 0 aliphatic carbocycles. The van der Waals surface area contributed by atoms with Crippen molar-refractivity contribution < 1.29 is 10.0 Å². The number of hydrogen-bond acceptors (Lipinski definition) is 5. The molecule has 2 rings (SSSR count). The largest absolute Gasteiger partial charge is 0.391 e. The summed E-state index contributed by atoms with van der Waals surface area (Å²) in [6.07, 6.45) is 0. The molecule has 1 aromatic carbocycles. The van der Waals surface area contributed by atoms with Gasteiger partial charge < -0.3 is 14.9 Å². The van der Waals surface area contributed by atoms with Crippen LogP contribution in [0.1, 0.15) is 12.5 Å². The first-order chi connectivity index (χ1) is 9.02. The molecule has 1 unspecified atom stereocenters. The van der Waals surface area contributed by atoms with Gasteiger partial charge in [-0.3, -0.25) is 10.1 Å². The first kappa shape index (κ1) is 13.8. The molecule has 19 heavy (non-hydrogen) atoms. The SMILES string of the molecule is CC1CN(c2ccc([N+](=O)[O-])c(CO)c2)CCN1C. The zero-order chi connectivity index (χ0) is 14.0. The van der Waals surface area contributed by atoms with Crippen LogP contribution in [-0.4, -0.2) is 47.7 Å². The minimum Gasteiger partial charge on any atom is -0.391 e. The van der Waals surface area contributed by atoms with Crippen molar-refractivity contribution >= 4 is 11.4 Å². The molecule has 1 N–H and O–H groups in total. The second kappa shape index (κ2) is 5.54. The van der Waals surface area contributed by atoms with Gasteiger partial charge in [0.2, 0.25) is 0 Å². The lowest BCUT2D eigenvalue weighted by Gasteiger charge is -2.39. The van der Waals surface area contributed by atoms with Crippen molar-refractivity contribution in [1.82, 2.24) is 4.90 Å². The average molecular weight is 265 g/mol. The molecule has 1 atom stereocenters. The van der Waals surface area contributed by atoms with Crippen molar-refractivity contribution in [3.63, 3.8) is 0 Å². The summed E-state index contributed by atoms with van der Waals surface area (Å²) in [4.78, 5) is 14.9. The summed E-state index contributed by atoms with van der Waals surface area (Å²) in [5, 5.41) is 20.1. The molecule has 6 heteroatoms. The standard InChI is InChI=1S/C13H19N3O3/c1-10-8-15(6-5-14(10)2)12-3-4-13(16(18)19)11(7-12)9-17/h3-4,7,10,17H,5-6,8-9H2,1-2H3. The van der Waals surface area contributed by atoms with E-state index in [4.69, 9.17) is 0 Å². The Hall–Kier alpha value is -1.66. The number of nitro groups is 1. The summed E-state index contributed by atoms with van der Waals surface area (Å²) in [7, 11) is 2.09. The molecule has 0 amide bonds. The van der Waals surface area contributed by atoms with Crippen molar-refractivity contribution in [2.75, 3.05) is 31.6 Å². The van der Waals surface area contributed by atoms with Crippen LogP contribution in [0.5, 0.6) is 0 Å². The van der Waals surface area contributed by atoms with Gasteiger partial charge in [0, 0.05) is 37.4 Å². The number of piperazine rings is 1. The van der Waals surface area contributed by atoms with Crippen LogP contribution in [0.4, 0.5) is 11.4 Å². The van der Waals surface area contributed by atoms with Gasteiger partial charge in [0.05, 0.1) is 17.1 Å². The summed E-state index contributed by atoms with van der Waals surface area (Å²) < 4.78 is 0. The number of nitrogens with zero attached hydrogens (tertiary/aromatic N) is 3. The molecule has 1 heterocycles. The van der Waals surface area contributed by atoms with Crippen LogP contribution >= 0.6 is 0 Å². The number of aliphatic hydroxyl groups excluding tert-OH is 1. The van der Waals surface area contributed by atoms with Gasteiger partial charge >= 0.3 is 0 Å².